The Balaban J connectivity index is 1.48. The van der Waals surface area contributed by atoms with Crippen LogP contribution in [0.25, 0.3) is 0 Å². The molecule has 0 atom stereocenters. The summed E-state index contributed by atoms with van der Waals surface area (Å²) in [4.78, 5) is 2.31. The predicted molar refractivity (Wildman–Crippen MR) is 72.4 cm³/mol. The van der Waals surface area contributed by atoms with E-state index in [2.05, 4.69) is 10.00 Å². The molecular weight excluding hydrogens is 265 g/mol. The van der Waals surface area contributed by atoms with Crippen molar-refractivity contribution in [3.05, 3.63) is 53.1 Å². The van der Waals surface area contributed by atoms with Crippen LogP contribution in [-0.2, 0) is 13.1 Å². The first-order chi connectivity index (χ1) is 9.19. The van der Waals surface area contributed by atoms with E-state index in [0.717, 1.165) is 31.7 Å². The summed E-state index contributed by atoms with van der Waals surface area (Å²) < 4.78 is 14.9. The number of benzene rings is 1. The van der Waals surface area contributed by atoms with Gasteiger partial charge in [0.15, 0.2) is 0 Å². The molecule has 1 aliphatic rings. The average molecular weight is 280 g/mol. The summed E-state index contributed by atoms with van der Waals surface area (Å²) in [5.41, 5.74) is 1.03. The van der Waals surface area contributed by atoms with Crippen LogP contribution in [0.15, 0.2) is 36.7 Å². The molecule has 0 radical (unpaired) electrons. The smallest absolute Gasteiger partial charge is 0.123 e. The molecule has 0 spiro atoms. The molecule has 1 aromatic carbocycles. The van der Waals surface area contributed by atoms with Crippen LogP contribution in [0.5, 0.6) is 0 Å². The van der Waals surface area contributed by atoms with Crippen LogP contribution in [0.4, 0.5) is 4.39 Å². The summed E-state index contributed by atoms with van der Waals surface area (Å²) in [6, 6.07) is 6.79. The zero-order chi connectivity index (χ0) is 13.2. The summed E-state index contributed by atoms with van der Waals surface area (Å²) >= 11 is 5.83. The lowest BCUT2D eigenvalue weighted by atomic mass is 9.99. The van der Waals surface area contributed by atoms with E-state index < -0.39 is 0 Å². The van der Waals surface area contributed by atoms with E-state index in [-0.39, 0.29) is 5.82 Å². The molecule has 5 heteroatoms. The first-order valence-electron chi connectivity index (χ1n) is 6.34. The maximum Gasteiger partial charge on any atom is 0.123 e. The van der Waals surface area contributed by atoms with Crippen molar-refractivity contribution in [2.24, 2.45) is 5.92 Å². The molecule has 1 aliphatic heterocycles. The van der Waals surface area contributed by atoms with Crippen LogP contribution in [0.1, 0.15) is 5.56 Å². The van der Waals surface area contributed by atoms with E-state index >= 15 is 0 Å². The van der Waals surface area contributed by atoms with Gasteiger partial charge in [-0.25, -0.2) is 4.39 Å². The van der Waals surface area contributed by atoms with E-state index in [9.17, 15) is 4.39 Å². The number of aromatic nitrogens is 2. The molecule has 1 fully saturated rings. The van der Waals surface area contributed by atoms with Crippen molar-refractivity contribution >= 4 is 11.6 Å². The van der Waals surface area contributed by atoms with Gasteiger partial charge >= 0.3 is 0 Å². The summed E-state index contributed by atoms with van der Waals surface area (Å²) in [5, 5.41) is 4.85. The van der Waals surface area contributed by atoms with Crippen molar-refractivity contribution in [2.45, 2.75) is 13.1 Å². The maximum atomic E-state index is 13.1. The van der Waals surface area contributed by atoms with Gasteiger partial charge < -0.3 is 0 Å². The lowest BCUT2D eigenvalue weighted by molar-refractivity contribution is 0.0777. The zero-order valence-corrected chi connectivity index (χ0v) is 11.2. The Hall–Kier alpha value is -1.39. The third-order valence-electron chi connectivity index (χ3n) is 3.37. The van der Waals surface area contributed by atoms with Crippen LogP contribution < -0.4 is 0 Å². The number of halogens is 2. The number of hydrogen-bond donors (Lipinski definition) is 0. The van der Waals surface area contributed by atoms with Crippen molar-refractivity contribution in [2.75, 3.05) is 13.1 Å². The van der Waals surface area contributed by atoms with Gasteiger partial charge in [0.25, 0.3) is 0 Å². The van der Waals surface area contributed by atoms with Gasteiger partial charge in [0.2, 0.25) is 0 Å². The van der Waals surface area contributed by atoms with Crippen LogP contribution >= 0.6 is 11.6 Å². The third-order valence-corrected chi connectivity index (χ3v) is 3.57. The van der Waals surface area contributed by atoms with E-state index in [0.29, 0.717) is 10.9 Å². The fourth-order valence-corrected chi connectivity index (χ4v) is 2.67. The van der Waals surface area contributed by atoms with Crippen LogP contribution in [-0.4, -0.2) is 27.8 Å². The van der Waals surface area contributed by atoms with E-state index in [1.165, 1.54) is 6.07 Å². The average Bonchev–Trinajstić information content (AvgIpc) is 2.72. The Morgan fingerprint density at radius 2 is 2.21 bits per heavy atom. The van der Waals surface area contributed by atoms with Gasteiger partial charge in [0.1, 0.15) is 5.82 Å². The summed E-state index contributed by atoms with van der Waals surface area (Å²) in [6.07, 6.45) is 3.50. The Bertz CT molecular complexity index is 563. The highest BCUT2D eigenvalue weighted by Crippen LogP contribution is 2.20. The molecule has 2 aromatic rings. The first-order valence-corrected chi connectivity index (χ1v) is 6.71. The number of hydrogen-bond acceptors (Lipinski definition) is 2. The highest BCUT2D eigenvalue weighted by Gasteiger charge is 2.26. The highest BCUT2D eigenvalue weighted by molar-refractivity contribution is 6.30. The molecule has 2 heterocycles. The fourth-order valence-electron chi connectivity index (χ4n) is 2.52. The zero-order valence-electron chi connectivity index (χ0n) is 10.5. The first kappa shape index (κ1) is 12.6. The molecule has 3 nitrogen and oxygen atoms in total. The largest absolute Gasteiger partial charge is 0.298 e. The van der Waals surface area contributed by atoms with Gasteiger partial charge in [0, 0.05) is 38.3 Å². The topological polar surface area (TPSA) is 21.1 Å². The van der Waals surface area contributed by atoms with Crippen molar-refractivity contribution in [1.29, 1.82) is 0 Å². The van der Waals surface area contributed by atoms with Crippen LogP contribution in [0, 0.1) is 11.7 Å². The molecule has 0 saturated carbocycles. The fraction of sp³-hybridized carbons (Fsp3) is 0.357. The van der Waals surface area contributed by atoms with Gasteiger partial charge in [-0.15, -0.1) is 0 Å². The third kappa shape index (κ3) is 3.14. The molecule has 0 N–H and O–H groups in total. The Morgan fingerprint density at radius 3 is 2.89 bits per heavy atom. The van der Waals surface area contributed by atoms with Crippen molar-refractivity contribution in [3.63, 3.8) is 0 Å². The van der Waals surface area contributed by atoms with E-state index in [1.54, 1.807) is 18.3 Å². The van der Waals surface area contributed by atoms with Crippen molar-refractivity contribution in [3.8, 4) is 0 Å². The number of nitrogens with zero attached hydrogens (tertiary/aromatic N) is 3. The van der Waals surface area contributed by atoms with Gasteiger partial charge in [-0.1, -0.05) is 23.7 Å². The van der Waals surface area contributed by atoms with E-state index in [1.807, 2.05) is 16.9 Å². The second kappa shape index (κ2) is 5.31. The SMILES string of the molecule is Fc1cccc(CN2CC(Cn3cc(Cl)cn3)C2)c1. The van der Waals surface area contributed by atoms with Gasteiger partial charge in [0.05, 0.1) is 11.2 Å². The highest BCUT2D eigenvalue weighted by atomic mass is 35.5. The van der Waals surface area contributed by atoms with Crippen molar-refractivity contribution in [1.82, 2.24) is 14.7 Å². The summed E-state index contributed by atoms with van der Waals surface area (Å²) in [6.45, 7) is 3.75. The minimum absolute atomic E-state index is 0.166. The summed E-state index contributed by atoms with van der Waals surface area (Å²) in [7, 11) is 0. The quantitative estimate of drug-likeness (QED) is 0.858. The predicted octanol–water partition coefficient (Wildman–Crippen LogP) is 2.81. The van der Waals surface area contributed by atoms with E-state index in [4.69, 9.17) is 11.6 Å². The molecule has 0 aliphatic carbocycles. The van der Waals surface area contributed by atoms with Gasteiger partial charge in [-0.05, 0) is 17.7 Å². The molecule has 1 saturated heterocycles. The lowest BCUT2D eigenvalue weighted by Gasteiger charge is -2.39. The second-order valence-electron chi connectivity index (χ2n) is 5.07. The molecule has 100 valence electrons. The molecule has 1 aromatic heterocycles. The molecule has 0 amide bonds. The van der Waals surface area contributed by atoms with Crippen LogP contribution in [0.3, 0.4) is 0 Å². The Kier molecular flexibility index (Phi) is 3.53. The molecule has 3 rings (SSSR count). The second-order valence-corrected chi connectivity index (χ2v) is 5.51. The van der Waals surface area contributed by atoms with Gasteiger partial charge in [-0.3, -0.25) is 9.58 Å². The standard InChI is InChI=1S/C14H15ClFN3/c15-13-5-17-19(10-13)9-12-7-18(8-12)6-11-2-1-3-14(16)4-11/h1-5,10,12H,6-9H2. The monoisotopic (exact) mass is 279 g/mol. The molecule has 0 unspecified atom stereocenters. The maximum absolute atomic E-state index is 13.1. The van der Waals surface area contributed by atoms with Crippen LogP contribution in [0.2, 0.25) is 5.02 Å². The molecular formula is C14H15ClFN3. The minimum Gasteiger partial charge on any atom is -0.298 e. The number of rotatable bonds is 4. The Labute approximate surface area is 116 Å². The van der Waals surface area contributed by atoms with Crippen molar-refractivity contribution < 1.29 is 4.39 Å². The summed E-state index contributed by atoms with van der Waals surface area (Å²) in [5.74, 6) is 0.435. The van der Waals surface area contributed by atoms with Gasteiger partial charge in [-0.2, -0.15) is 5.10 Å². The number of likely N-dealkylation sites (tertiary alicyclic amines) is 1. The Morgan fingerprint density at radius 1 is 1.37 bits per heavy atom. The minimum atomic E-state index is -0.166. The molecule has 19 heavy (non-hydrogen) atoms. The normalized spacial score (nSPS) is 16.5. The molecule has 0 bridgehead atoms. The lowest BCUT2D eigenvalue weighted by Crippen LogP contribution is -2.47.